The van der Waals surface area contributed by atoms with Crippen molar-refractivity contribution in [2.24, 2.45) is 5.92 Å². The third-order valence-corrected chi connectivity index (χ3v) is 9.11. The third kappa shape index (κ3) is 4.57. The Balaban J connectivity index is 1.32. The molecule has 2 aromatic heterocycles. The average Bonchev–Trinajstić information content (AvgIpc) is 3.39. The van der Waals surface area contributed by atoms with Crippen LogP contribution in [-0.2, 0) is 14.8 Å². The van der Waals surface area contributed by atoms with Gasteiger partial charge in [-0.1, -0.05) is 5.16 Å². The number of aryl methyl sites for hydroxylation is 1. The van der Waals surface area contributed by atoms with E-state index in [2.05, 4.69) is 15.5 Å². The summed E-state index contributed by atoms with van der Waals surface area (Å²) in [4.78, 5) is 18.6. The number of carbonyl (C=O) groups excluding carboxylic acids is 1. The van der Waals surface area contributed by atoms with Crippen LogP contribution in [0.4, 0.5) is 10.1 Å². The van der Waals surface area contributed by atoms with Gasteiger partial charge in [0, 0.05) is 29.6 Å². The molecule has 8 nitrogen and oxygen atoms in total. The fraction of sp³-hybridized carbons (Fsp3) is 0.409. The van der Waals surface area contributed by atoms with E-state index in [1.165, 1.54) is 39.9 Å². The zero-order chi connectivity index (χ0) is 23.2. The summed E-state index contributed by atoms with van der Waals surface area (Å²) in [6.07, 6.45) is 3.23. The van der Waals surface area contributed by atoms with Crippen LogP contribution in [0.25, 0.3) is 10.7 Å². The van der Waals surface area contributed by atoms with Crippen molar-refractivity contribution in [2.75, 3.05) is 18.4 Å². The third-order valence-electron chi connectivity index (χ3n) is 5.95. The molecule has 1 saturated heterocycles. The molecule has 2 aliphatic rings. The Labute approximate surface area is 194 Å². The maximum atomic E-state index is 13.4. The first-order valence-corrected chi connectivity index (χ1v) is 13.1. The van der Waals surface area contributed by atoms with Gasteiger partial charge in [0.2, 0.25) is 27.6 Å². The number of piperidine rings is 1. The lowest BCUT2D eigenvalue weighted by Gasteiger charge is -2.31. The number of benzene rings is 1. The van der Waals surface area contributed by atoms with Crippen molar-refractivity contribution in [3.63, 3.8) is 0 Å². The molecule has 1 aliphatic heterocycles. The Bertz CT molecular complexity index is 1280. The number of thiophene rings is 1. The van der Waals surface area contributed by atoms with Gasteiger partial charge in [0.25, 0.3) is 0 Å². The molecule has 33 heavy (non-hydrogen) atoms. The summed E-state index contributed by atoms with van der Waals surface area (Å²) in [5.74, 6) is 0.173. The van der Waals surface area contributed by atoms with E-state index < -0.39 is 21.8 Å². The number of anilines is 1. The van der Waals surface area contributed by atoms with Gasteiger partial charge in [0.15, 0.2) is 0 Å². The highest BCUT2D eigenvalue weighted by molar-refractivity contribution is 7.89. The van der Waals surface area contributed by atoms with Crippen molar-refractivity contribution in [1.29, 1.82) is 0 Å². The quantitative estimate of drug-likeness (QED) is 0.556. The maximum absolute atomic E-state index is 13.4. The van der Waals surface area contributed by atoms with E-state index in [-0.39, 0.29) is 17.3 Å². The minimum Gasteiger partial charge on any atom is -0.339 e. The van der Waals surface area contributed by atoms with Crippen molar-refractivity contribution in [1.82, 2.24) is 14.4 Å². The molecule has 1 aromatic carbocycles. The molecule has 5 rings (SSSR count). The Morgan fingerprint density at radius 1 is 1.24 bits per heavy atom. The Hall–Kier alpha value is -2.63. The molecule has 174 valence electrons. The number of sulfonamides is 1. The van der Waals surface area contributed by atoms with Crippen LogP contribution < -0.4 is 5.32 Å². The highest BCUT2D eigenvalue weighted by Gasteiger charge is 2.35. The standard InChI is InChI=1S/C22H23FN4O4S2/c1-13-19(11-18(32-13)20-25-22(31-26-20)14-4-5-14)33(29,30)27-10-2-3-15(12-27)21(28)24-17-8-6-16(23)7-9-17/h6-9,11,14-15H,2-5,10,12H2,1H3,(H,24,28). The van der Waals surface area contributed by atoms with E-state index in [4.69, 9.17) is 4.52 Å². The lowest BCUT2D eigenvalue weighted by atomic mass is 9.99. The highest BCUT2D eigenvalue weighted by Crippen LogP contribution is 2.41. The summed E-state index contributed by atoms with van der Waals surface area (Å²) in [6, 6.07) is 7.09. The molecule has 0 radical (unpaired) electrons. The number of carbonyl (C=O) groups is 1. The minimum absolute atomic E-state index is 0.0913. The normalized spacial score (nSPS) is 19.5. The molecule has 1 N–H and O–H groups in total. The van der Waals surface area contributed by atoms with Gasteiger partial charge in [-0.05, 0) is 62.9 Å². The van der Waals surface area contributed by atoms with Gasteiger partial charge in [-0.25, -0.2) is 12.8 Å². The topological polar surface area (TPSA) is 105 Å². The summed E-state index contributed by atoms with van der Waals surface area (Å²) in [7, 11) is -3.79. The number of amides is 1. The molecule has 2 fully saturated rings. The smallest absolute Gasteiger partial charge is 0.244 e. The zero-order valence-corrected chi connectivity index (χ0v) is 19.6. The van der Waals surface area contributed by atoms with E-state index >= 15 is 0 Å². The molecule has 3 heterocycles. The fourth-order valence-corrected chi connectivity index (χ4v) is 6.96. The van der Waals surface area contributed by atoms with Gasteiger partial charge in [-0.3, -0.25) is 4.79 Å². The molecule has 11 heteroatoms. The maximum Gasteiger partial charge on any atom is 0.244 e. The van der Waals surface area contributed by atoms with E-state index in [1.54, 1.807) is 13.0 Å². The second kappa shape index (κ2) is 8.62. The van der Waals surface area contributed by atoms with Crippen molar-refractivity contribution < 1.29 is 22.1 Å². The van der Waals surface area contributed by atoms with Crippen LogP contribution in [-0.4, -0.2) is 41.9 Å². The van der Waals surface area contributed by atoms with Gasteiger partial charge < -0.3 is 9.84 Å². The lowest BCUT2D eigenvalue weighted by Crippen LogP contribution is -2.43. The summed E-state index contributed by atoms with van der Waals surface area (Å²) in [5, 5.41) is 6.77. The van der Waals surface area contributed by atoms with E-state index in [0.29, 0.717) is 52.5 Å². The Morgan fingerprint density at radius 3 is 2.73 bits per heavy atom. The number of nitrogens with one attached hydrogen (secondary N) is 1. The highest BCUT2D eigenvalue weighted by atomic mass is 32.2. The van der Waals surface area contributed by atoms with E-state index in [0.717, 1.165) is 12.8 Å². The number of aromatic nitrogens is 2. The van der Waals surface area contributed by atoms with Gasteiger partial charge in [0.1, 0.15) is 5.82 Å². The van der Waals surface area contributed by atoms with Crippen molar-refractivity contribution in [2.45, 2.75) is 43.4 Å². The van der Waals surface area contributed by atoms with E-state index in [9.17, 15) is 17.6 Å². The fourth-order valence-electron chi connectivity index (χ4n) is 3.95. The average molecular weight is 491 g/mol. The summed E-state index contributed by atoms with van der Waals surface area (Å²) >= 11 is 1.31. The van der Waals surface area contributed by atoms with Gasteiger partial charge in [-0.15, -0.1) is 11.3 Å². The second-order valence-corrected chi connectivity index (χ2v) is 11.6. The van der Waals surface area contributed by atoms with Crippen LogP contribution in [0.15, 0.2) is 39.8 Å². The summed E-state index contributed by atoms with van der Waals surface area (Å²) < 4.78 is 46.7. The van der Waals surface area contributed by atoms with Crippen molar-refractivity contribution in [3.8, 4) is 10.7 Å². The largest absolute Gasteiger partial charge is 0.339 e. The monoisotopic (exact) mass is 490 g/mol. The molecule has 0 spiro atoms. The van der Waals surface area contributed by atoms with Crippen LogP contribution in [0.5, 0.6) is 0 Å². The minimum atomic E-state index is -3.79. The molecular formula is C22H23FN4O4S2. The molecule has 1 saturated carbocycles. The van der Waals surface area contributed by atoms with Crippen LogP contribution in [0.2, 0.25) is 0 Å². The predicted molar refractivity (Wildman–Crippen MR) is 121 cm³/mol. The SMILES string of the molecule is Cc1sc(-c2noc(C3CC3)n2)cc1S(=O)(=O)N1CCCC(C(=O)Nc2ccc(F)cc2)C1. The van der Waals surface area contributed by atoms with Gasteiger partial charge in [-0.2, -0.15) is 9.29 Å². The first-order chi connectivity index (χ1) is 15.8. The predicted octanol–water partition coefficient (Wildman–Crippen LogP) is 4.16. The van der Waals surface area contributed by atoms with E-state index in [1.807, 2.05) is 0 Å². The Kier molecular flexibility index (Phi) is 5.79. The molecule has 1 unspecified atom stereocenters. The van der Waals surface area contributed by atoms with Gasteiger partial charge >= 0.3 is 0 Å². The van der Waals surface area contributed by atoms with Crippen LogP contribution in [0.3, 0.4) is 0 Å². The second-order valence-electron chi connectivity index (χ2n) is 8.46. The summed E-state index contributed by atoms with van der Waals surface area (Å²) in [5.41, 5.74) is 0.477. The first-order valence-electron chi connectivity index (χ1n) is 10.8. The van der Waals surface area contributed by atoms with Gasteiger partial charge in [0.05, 0.1) is 15.7 Å². The molecule has 0 bridgehead atoms. The molecule has 1 amide bonds. The van der Waals surface area contributed by atoms with Crippen LogP contribution >= 0.6 is 11.3 Å². The zero-order valence-electron chi connectivity index (χ0n) is 18.0. The van der Waals surface area contributed by atoms with Crippen LogP contribution in [0, 0.1) is 18.7 Å². The van der Waals surface area contributed by atoms with Crippen molar-refractivity contribution in [3.05, 3.63) is 46.9 Å². The first kappa shape index (κ1) is 22.2. The van der Waals surface area contributed by atoms with Crippen molar-refractivity contribution >= 4 is 33.0 Å². The Morgan fingerprint density at radius 2 is 2.00 bits per heavy atom. The molecule has 1 aliphatic carbocycles. The molecule has 1 atom stereocenters. The number of hydrogen-bond acceptors (Lipinski definition) is 7. The lowest BCUT2D eigenvalue weighted by molar-refractivity contribution is -0.120. The molecular weight excluding hydrogens is 467 g/mol. The number of hydrogen-bond donors (Lipinski definition) is 1. The summed E-state index contributed by atoms with van der Waals surface area (Å²) in [6.45, 7) is 2.20. The number of halogens is 1. The number of nitrogens with zero attached hydrogens (tertiary/aromatic N) is 3. The number of rotatable bonds is 6. The van der Waals surface area contributed by atoms with Crippen LogP contribution in [0.1, 0.15) is 42.4 Å². The molecule has 3 aromatic rings.